The van der Waals surface area contributed by atoms with Gasteiger partial charge in [-0.05, 0) is 75.7 Å². The van der Waals surface area contributed by atoms with Gasteiger partial charge in [0.1, 0.15) is 11.5 Å². The number of pyridine rings is 1. The molecule has 0 bridgehead atoms. The molecule has 3 aromatic rings. The summed E-state index contributed by atoms with van der Waals surface area (Å²) in [5.41, 5.74) is 2.20. The van der Waals surface area contributed by atoms with Gasteiger partial charge in [-0.1, -0.05) is 0 Å². The SMILES string of the molecule is CC(C)Oc1ccc(-c2cc(=O)c3cc(CN4CCCC4)cnc3o2)cc1.Cl. The molecule has 5 nitrogen and oxygen atoms in total. The van der Waals surface area contributed by atoms with Crippen molar-refractivity contribution in [3.05, 3.63) is 58.4 Å². The van der Waals surface area contributed by atoms with Crippen LogP contribution in [-0.4, -0.2) is 29.1 Å². The van der Waals surface area contributed by atoms with Gasteiger partial charge in [0.25, 0.3) is 0 Å². The number of ether oxygens (including phenoxy) is 1. The highest BCUT2D eigenvalue weighted by Crippen LogP contribution is 2.24. The Balaban J connectivity index is 0.00000225. The van der Waals surface area contributed by atoms with Crippen LogP contribution >= 0.6 is 12.4 Å². The van der Waals surface area contributed by atoms with Gasteiger partial charge in [-0.3, -0.25) is 9.69 Å². The van der Waals surface area contributed by atoms with Crippen LogP contribution in [0.5, 0.6) is 5.75 Å². The predicted molar refractivity (Wildman–Crippen MR) is 113 cm³/mol. The minimum absolute atomic E-state index is 0. The van der Waals surface area contributed by atoms with Crippen molar-refractivity contribution in [2.45, 2.75) is 39.3 Å². The van der Waals surface area contributed by atoms with Gasteiger partial charge >= 0.3 is 0 Å². The summed E-state index contributed by atoms with van der Waals surface area (Å²) < 4.78 is 11.6. The van der Waals surface area contributed by atoms with Crippen molar-refractivity contribution in [2.24, 2.45) is 0 Å². The Morgan fingerprint density at radius 3 is 2.54 bits per heavy atom. The number of hydrogen-bond donors (Lipinski definition) is 0. The average Bonchev–Trinajstić information content (AvgIpc) is 3.15. The largest absolute Gasteiger partial charge is 0.491 e. The van der Waals surface area contributed by atoms with Crippen LogP contribution in [0.25, 0.3) is 22.4 Å². The van der Waals surface area contributed by atoms with E-state index in [0.717, 1.165) is 36.5 Å². The second-order valence-electron chi connectivity index (χ2n) is 7.35. The van der Waals surface area contributed by atoms with E-state index in [0.29, 0.717) is 16.9 Å². The highest BCUT2D eigenvalue weighted by Gasteiger charge is 2.14. The van der Waals surface area contributed by atoms with E-state index in [4.69, 9.17) is 9.15 Å². The van der Waals surface area contributed by atoms with E-state index < -0.39 is 0 Å². The van der Waals surface area contributed by atoms with E-state index >= 15 is 0 Å². The van der Waals surface area contributed by atoms with Gasteiger partial charge in [-0.15, -0.1) is 12.4 Å². The van der Waals surface area contributed by atoms with Gasteiger partial charge < -0.3 is 9.15 Å². The number of likely N-dealkylation sites (tertiary alicyclic amines) is 1. The number of rotatable bonds is 5. The lowest BCUT2D eigenvalue weighted by atomic mass is 10.1. The molecule has 1 aromatic carbocycles. The molecule has 0 radical (unpaired) electrons. The Hall–Kier alpha value is -2.37. The van der Waals surface area contributed by atoms with Gasteiger partial charge in [-0.2, -0.15) is 0 Å². The highest BCUT2D eigenvalue weighted by molar-refractivity contribution is 5.85. The number of halogens is 1. The van der Waals surface area contributed by atoms with Crippen molar-refractivity contribution >= 4 is 23.5 Å². The fraction of sp³-hybridized carbons (Fsp3) is 0.364. The summed E-state index contributed by atoms with van der Waals surface area (Å²) in [7, 11) is 0. The summed E-state index contributed by atoms with van der Waals surface area (Å²) in [6.45, 7) is 7.03. The number of aromatic nitrogens is 1. The zero-order chi connectivity index (χ0) is 18.8. The monoisotopic (exact) mass is 400 g/mol. The number of fused-ring (bicyclic) bond motifs is 1. The molecule has 0 atom stereocenters. The third kappa shape index (κ3) is 4.54. The molecule has 0 amide bonds. The van der Waals surface area contributed by atoms with Crippen LogP contribution in [0.4, 0.5) is 0 Å². The van der Waals surface area contributed by atoms with Crippen LogP contribution in [0.15, 0.2) is 51.8 Å². The Labute approximate surface area is 170 Å². The lowest BCUT2D eigenvalue weighted by Crippen LogP contribution is -2.18. The van der Waals surface area contributed by atoms with Gasteiger partial charge in [0.2, 0.25) is 5.71 Å². The fourth-order valence-corrected chi connectivity index (χ4v) is 3.48. The molecule has 0 N–H and O–H groups in total. The van der Waals surface area contributed by atoms with E-state index in [-0.39, 0.29) is 23.9 Å². The zero-order valence-corrected chi connectivity index (χ0v) is 17.0. The van der Waals surface area contributed by atoms with Crippen molar-refractivity contribution in [3.8, 4) is 17.1 Å². The first-order valence-corrected chi connectivity index (χ1v) is 9.51. The van der Waals surface area contributed by atoms with Crippen LogP contribution < -0.4 is 10.2 Å². The van der Waals surface area contributed by atoms with Crippen molar-refractivity contribution in [2.75, 3.05) is 13.1 Å². The molecule has 28 heavy (non-hydrogen) atoms. The Morgan fingerprint density at radius 1 is 1.14 bits per heavy atom. The third-order valence-electron chi connectivity index (χ3n) is 4.76. The maximum Gasteiger partial charge on any atom is 0.230 e. The van der Waals surface area contributed by atoms with Gasteiger partial charge in [0.05, 0.1) is 11.5 Å². The molecule has 0 aliphatic carbocycles. The molecule has 1 saturated heterocycles. The van der Waals surface area contributed by atoms with Crippen LogP contribution in [0.3, 0.4) is 0 Å². The van der Waals surface area contributed by atoms with Crippen LogP contribution in [0.1, 0.15) is 32.3 Å². The minimum atomic E-state index is -0.0653. The van der Waals surface area contributed by atoms with E-state index in [1.54, 1.807) is 6.07 Å². The fourth-order valence-electron chi connectivity index (χ4n) is 3.48. The quantitative estimate of drug-likeness (QED) is 0.623. The second kappa shape index (κ2) is 8.76. The number of nitrogens with zero attached hydrogens (tertiary/aromatic N) is 2. The predicted octanol–water partition coefficient (Wildman–Crippen LogP) is 4.66. The molecule has 0 unspecified atom stereocenters. The van der Waals surface area contributed by atoms with Crippen LogP contribution in [0.2, 0.25) is 0 Å². The van der Waals surface area contributed by atoms with E-state index in [9.17, 15) is 4.79 Å². The normalized spacial score (nSPS) is 14.4. The Morgan fingerprint density at radius 2 is 1.86 bits per heavy atom. The summed E-state index contributed by atoms with van der Waals surface area (Å²) >= 11 is 0. The van der Waals surface area contributed by atoms with Crippen molar-refractivity contribution < 1.29 is 9.15 Å². The molecule has 0 spiro atoms. The minimum Gasteiger partial charge on any atom is -0.491 e. The molecule has 1 aliphatic rings. The number of benzene rings is 1. The summed E-state index contributed by atoms with van der Waals surface area (Å²) in [6, 6.07) is 11.0. The standard InChI is InChI=1S/C22H24N2O3.ClH/c1-15(2)26-18-7-5-17(6-8-18)21-12-20(25)19-11-16(13-23-22(19)27-21)14-24-9-3-4-10-24;/h5-8,11-13,15H,3-4,9-10,14H2,1-2H3;1H. The third-order valence-corrected chi connectivity index (χ3v) is 4.76. The van der Waals surface area contributed by atoms with Gasteiger partial charge in [0, 0.05) is 24.4 Å². The molecule has 1 fully saturated rings. The first-order chi connectivity index (χ1) is 13.1. The molecule has 148 valence electrons. The summed E-state index contributed by atoms with van der Waals surface area (Å²) in [6.07, 6.45) is 4.42. The summed E-state index contributed by atoms with van der Waals surface area (Å²) in [4.78, 5) is 19.4. The Kier molecular flexibility index (Phi) is 6.37. The molecular weight excluding hydrogens is 376 g/mol. The van der Waals surface area contributed by atoms with Crippen LogP contribution in [-0.2, 0) is 6.54 Å². The maximum atomic E-state index is 12.6. The smallest absolute Gasteiger partial charge is 0.230 e. The molecular formula is C22H25ClN2O3. The molecule has 1 aliphatic heterocycles. The maximum absolute atomic E-state index is 12.6. The molecule has 0 saturated carbocycles. The van der Waals surface area contributed by atoms with Crippen molar-refractivity contribution in [1.82, 2.24) is 9.88 Å². The molecule has 3 heterocycles. The lowest BCUT2D eigenvalue weighted by molar-refractivity contribution is 0.242. The average molecular weight is 401 g/mol. The second-order valence-corrected chi connectivity index (χ2v) is 7.35. The number of hydrogen-bond acceptors (Lipinski definition) is 5. The first-order valence-electron chi connectivity index (χ1n) is 9.51. The van der Waals surface area contributed by atoms with Gasteiger partial charge in [-0.25, -0.2) is 4.98 Å². The lowest BCUT2D eigenvalue weighted by Gasteiger charge is -2.14. The molecule has 4 rings (SSSR count). The van der Waals surface area contributed by atoms with E-state index in [2.05, 4.69) is 9.88 Å². The van der Waals surface area contributed by atoms with E-state index in [1.807, 2.05) is 50.4 Å². The van der Waals surface area contributed by atoms with Gasteiger partial charge in [0.15, 0.2) is 5.43 Å². The highest BCUT2D eigenvalue weighted by atomic mass is 35.5. The molecule has 2 aromatic heterocycles. The zero-order valence-electron chi connectivity index (χ0n) is 16.2. The topological polar surface area (TPSA) is 55.6 Å². The van der Waals surface area contributed by atoms with Crippen molar-refractivity contribution in [3.63, 3.8) is 0 Å². The van der Waals surface area contributed by atoms with Crippen molar-refractivity contribution in [1.29, 1.82) is 0 Å². The summed E-state index contributed by atoms with van der Waals surface area (Å²) in [5.74, 6) is 1.31. The first kappa shape index (κ1) is 20.4. The van der Waals surface area contributed by atoms with E-state index in [1.165, 1.54) is 12.8 Å². The molecule has 6 heteroatoms. The Bertz CT molecular complexity index is 993. The summed E-state index contributed by atoms with van der Waals surface area (Å²) in [5, 5.41) is 0.537. The van der Waals surface area contributed by atoms with Crippen LogP contribution in [0, 0.1) is 0 Å².